The first kappa shape index (κ1) is 17.9. The summed E-state index contributed by atoms with van der Waals surface area (Å²) in [4.78, 5) is 18.3. The van der Waals surface area contributed by atoms with Gasteiger partial charge in [-0.15, -0.1) is 12.4 Å². The molecule has 4 rings (SSSR count). The molecule has 2 atom stereocenters. The van der Waals surface area contributed by atoms with E-state index >= 15 is 0 Å². The Labute approximate surface area is 151 Å². The van der Waals surface area contributed by atoms with Gasteiger partial charge >= 0.3 is 5.97 Å². The van der Waals surface area contributed by atoms with Crippen LogP contribution in [0.2, 0.25) is 0 Å². The predicted molar refractivity (Wildman–Crippen MR) is 91.8 cm³/mol. The molecule has 1 aromatic carbocycles. The van der Waals surface area contributed by atoms with Crippen molar-refractivity contribution in [2.45, 2.75) is 25.8 Å². The summed E-state index contributed by atoms with van der Waals surface area (Å²) in [5.41, 5.74) is 0.756. The van der Waals surface area contributed by atoms with E-state index in [1.165, 1.54) is 12.1 Å². The molecule has 1 aliphatic heterocycles. The van der Waals surface area contributed by atoms with E-state index in [0.29, 0.717) is 24.5 Å². The van der Waals surface area contributed by atoms with Gasteiger partial charge in [-0.2, -0.15) is 0 Å². The van der Waals surface area contributed by atoms with Gasteiger partial charge in [0.05, 0.1) is 11.1 Å². The zero-order chi connectivity index (χ0) is 16.7. The van der Waals surface area contributed by atoms with Gasteiger partial charge < -0.3 is 9.52 Å². The zero-order valence-electron chi connectivity index (χ0n) is 13.7. The number of hydrogen-bond acceptors (Lipinski definition) is 4. The van der Waals surface area contributed by atoms with Gasteiger partial charge in [-0.3, -0.25) is 9.69 Å². The number of likely N-dealkylation sites (tertiary alicyclic amines) is 1. The lowest BCUT2D eigenvalue weighted by Crippen LogP contribution is -2.35. The highest BCUT2D eigenvalue weighted by Gasteiger charge is 2.54. The number of hydrogen-bond donors (Lipinski definition) is 1. The molecule has 1 aliphatic carbocycles. The number of rotatable bonds is 4. The number of carboxylic acids is 1. The molecule has 25 heavy (non-hydrogen) atoms. The van der Waals surface area contributed by atoms with Crippen LogP contribution in [-0.4, -0.2) is 34.0 Å². The van der Waals surface area contributed by atoms with Crippen LogP contribution in [0.25, 0.3) is 11.5 Å². The maximum absolute atomic E-state index is 13.3. The summed E-state index contributed by atoms with van der Waals surface area (Å²) in [6.45, 7) is 1.91. The molecule has 1 N–H and O–H groups in total. The van der Waals surface area contributed by atoms with Gasteiger partial charge in [-0.1, -0.05) is 12.5 Å². The Balaban J connectivity index is 0.00000182. The highest BCUT2D eigenvalue weighted by molar-refractivity contribution is 5.85. The molecule has 2 fully saturated rings. The lowest BCUT2D eigenvalue weighted by atomic mass is 9.81. The number of benzene rings is 1. The molecule has 5 nitrogen and oxygen atoms in total. The van der Waals surface area contributed by atoms with E-state index in [2.05, 4.69) is 9.88 Å². The zero-order valence-corrected chi connectivity index (χ0v) is 14.5. The fourth-order valence-electron chi connectivity index (χ4n) is 4.23. The van der Waals surface area contributed by atoms with Crippen molar-refractivity contribution in [3.63, 3.8) is 0 Å². The Bertz CT molecular complexity index is 781. The molecule has 2 aromatic rings. The summed E-state index contributed by atoms with van der Waals surface area (Å²) >= 11 is 0. The van der Waals surface area contributed by atoms with E-state index < -0.39 is 11.4 Å². The molecule has 0 spiro atoms. The molecule has 1 saturated carbocycles. The van der Waals surface area contributed by atoms with Gasteiger partial charge in [0.25, 0.3) is 0 Å². The fourth-order valence-corrected chi connectivity index (χ4v) is 4.23. The first-order chi connectivity index (χ1) is 11.6. The van der Waals surface area contributed by atoms with Gasteiger partial charge in [-0.05, 0) is 37.0 Å². The average Bonchev–Trinajstić information content (AvgIpc) is 3.21. The molecule has 0 radical (unpaired) electrons. The molecule has 0 amide bonds. The van der Waals surface area contributed by atoms with Gasteiger partial charge in [0, 0.05) is 25.2 Å². The first-order valence-corrected chi connectivity index (χ1v) is 8.23. The monoisotopic (exact) mass is 366 g/mol. The van der Waals surface area contributed by atoms with Crippen LogP contribution in [0.15, 0.2) is 34.9 Å². The molecule has 2 aliphatic rings. The van der Waals surface area contributed by atoms with Gasteiger partial charge in [-0.25, -0.2) is 9.37 Å². The summed E-state index contributed by atoms with van der Waals surface area (Å²) < 4.78 is 18.8. The van der Waals surface area contributed by atoms with E-state index in [1.54, 1.807) is 18.4 Å². The van der Waals surface area contributed by atoms with E-state index in [9.17, 15) is 14.3 Å². The molecule has 134 valence electrons. The maximum Gasteiger partial charge on any atom is 0.311 e. The number of halogens is 2. The standard InChI is InChI=1S/C18H19FN2O3.ClH/c19-14-5-1-3-12(7-14)16-20-15(10-24-16)9-21-8-13-4-2-6-18(13,11-21)17(22)23;/h1,3,5,7,10,13H,2,4,6,8-9,11H2,(H,22,23);1H/t13-,18+;/m0./s1. The number of carboxylic acid groups (broad SMARTS) is 1. The first-order valence-electron chi connectivity index (χ1n) is 8.23. The minimum absolute atomic E-state index is 0. The van der Waals surface area contributed by atoms with Crippen molar-refractivity contribution >= 4 is 18.4 Å². The third kappa shape index (κ3) is 3.16. The second kappa shape index (κ2) is 6.77. The van der Waals surface area contributed by atoms with E-state index in [0.717, 1.165) is 31.5 Å². The quantitative estimate of drug-likeness (QED) is 0.895. The molecule has 1 saturated heterocycles. The van der Waals surface area contributed by atoms with Gasteiger partial charge in [0.1, 0.15) is 12.1 Å². The van der Waals surface area contributed by atoms with Crippen LogP contribution < -0.4 is 0 Å². The van der Waals surface area contributed by atoms with Gasteiger partial charge in [0.2, 0.25) is 5.89 Å². The highest BCUT2D eigenvalue weighted by Crippen LogP contribution is 2.49. The Morgan fingerprint density at radius 3 is 3.04 bits per heavy atom. The molecule has 7 heteroatoms. The van der Waals surface area contributed by atoms with Crippen molar-refractivity contribution in [2.24, 2.45) is 11.3 Å². The van der Waals surface area contributed by atoms with Crippen LogP contribution in [0.3, 0.4) is 0 Å². The second-order valence-electron chi connectivity index (χ2n) is 6.87. The summed E-state index contributed by atoms with van der Waals surface area (Å²) in [5.74, 6) is -0.391. The predicted octanol–water partition coefficient (Wildman–Crippen LogP) is 3.59. The summed E-state index contributed by atoms with van der Waals surface area (Å²) in [6, 6.07) is 6.13. The molecular formula is C18H20ClFN2O3. The molecule has 2 heterocycles. The Kier molecular flexibility index (Phi) is 4.84. The summed E-state index contributed by atoms with van der Waals surface area (Å²) in [7, 11) is 0. The fraction of sp³-hybridized carbons (Fsp3) is 0.444. The Hall–Kier alpha value is -1.92. The highest BCUT2D eigenvalue weighted by atomic mass is 35.5. The number of nitrogens with zero attached hydrogens (tertiary/aromatic N) is 2. The summed E-state index contributed by atoms with van der Waals surface area (Å²) in [5, 5.41) is 9.64. The van der Waals surface area contributed by atoms with Crippen LogP contribution in [0, 0.1) is 17.2 Å². The maximum atomic E-state index is 13.3. The van der Waals surface area contributed by atoms with Crippen molar-refractivity contribution in [1.29, 1.82) is 0 Å². The van der Waals surface area contributed by atoms with Gasteiger partial charge in [0.15, 0.2) is 0 Å². The molecule has 0 unspecified atom stereocenters. The SMILES string of the molecule is Cl.O=C(O)[C@@]12CCC[C@H]1CN(Cc1coc(-c3cccc(F)c3)n1)C2. The van der Waals surface area contributed by atoms with E-state index in [-0.39, 0.29) is 24.1 Å². The van der Waals surface area contributed by atoms with Crippen LogP contribution in [0.5, 0.6) is 0 Å². The minimum Gasteiger partial charge on any atom is -0.481 e. The van der Waals surface area contributed by atoms with Crippen molar-refractivity contribution in [1.82, 2.24) is 9.88 Å². The summed E-state index contributed by atoms with van der Waals surface area (Å²) in [6.07, 6.45) is 4.31. The third-order valence-corrected chi connectivity index (χ3v) is 5.38. The van der Waals surface area contributed by atoms with Crippen molar-refractivity contribution in [3.8, 4) is 11.5 Å². The van der Waals surface area contributed by atoms with Crippen molar-refractivity contribution in [2.75, 3.05) is 13.1 Å². The average molecular weight is 367 g/mol. The van der Waals surface area contributed by atoms with Crippen LogP contribution in [0.1, 0.15) is 25.0 Å². The Morgan fingerprint density at radius 1 is 1.48 bits per heavy atom. The molecule has 0 bridgehead atoms. The van der Waals surface area contributed by atoms with Crippen molar-refractivity contribution in [3.05, 3.63) is 42.0 Å². The minimum atomic E-state index is -0.673. The third-order valence-electron chi connectivity index (χ3n) is 5.38. The van der Waals surface area contributed by atoms with Crippen molar-refractivity contribution < 1.29 is 18.7 Å². The lowest BCUT2D eigenvalue weighted by molar-refractivity contribution is -0.149. The molecular weight excluding hydrogens is 347 g/mol. The number of fused-ring (bicyclic) bond motifs is 1. The van der Waals surface area contributed by atoms with E-state index in [4.69, 9.17) is 4.42 Å². The normalized spacial score (nSPS) is 25.6. The van der Waals surface area contributed by atoms with Crippen LogP contribution in [-0.2, 0) is 11.3 Å². The number of carbonyl (C=O) groups is 1. The topological polar surface area (TPSA) is 66.6 Å². The number of aromatic nitrogens is 1. The van der Waals surface area contributed by atoms with E-state index in [1.807, 2.05) is 0 Å². The Morgan fingerprint density at radius 2 is 2.32 bits per heavy atom. The number of aliphatic carboxylic acids is 1. The lowest BCUT2D eigenvalue weighted by Gasteiger charge is -2.23. The molecule has 1 aromatic heterocycles. The number of oxazole rings is 1. The largest absolute Gasteiger partial charge is 0.481 e. The smallest absolute Gasteiger partial charge is 0.311 e. The van der Waals surface area contributed by atoms with Crippen LogP contribution >= 0.6 is 12.4 Å². The second-order valence-corrected chi connectivity index (χ2v) is 6.87. The van der Waals surface area contributed by atoms with Crippen LogP contribution in [0.4, 0.5) is 4.39 Å².